The van der Waals surface area contributed by atoms with Crippen LogP contribution in [0.2, 0.25) is 0 Å². The van der Waals surface area contributed by atoms with Gasteiger partial charge in [0.1, 0.15) is 0 Å². The zero-order valence-corrected chi connectivity index (χ0v) is 19.3. The fraction of sp³-hybridized carbons (Fsp3) is 0.789. The Bertz CT molecular complexity index is 530. The molecule has 1 aliphatic heterocycles. The average Bonchev–Trinajstić information content (AvgIpc) is 3.07. The monoisotopic (exact) mass is 493 g/mol. The number of likely N-dealkylation sites (tertiary alicyclic amines) is 1. The van der Waals surface area contributed by atoms with Gasteiger partial charge in [0.05, 0.1) is 12.3 Å². The maximum absolute atomic E-state index is 5.95. The Balaban J connectivity index is 0.00000364. The summed E-state index contributed by atoms with van der Waals surface area (Å²) in [7, 11) is 1.73. The SMILES string of the molecule is CCNC(=NCCCc1cn[nH]c1C)N1CCC(OCCCOC)CC1.I. The van der Waals surface area contributed by atoms with E-state index < -0.39 is 0 Å². The lowest BCUT2D eigenvalue weighted by molar-refractivity contribution is 0.00990. The number of aromatic amines is 1. The Hall–Kier alpha value is -0.870. The number of hydrogen-bond donors (Lipinski definition) is 2. The lowest BCUT2D eigenvalue weighted by atomic mass is 10.1. The van der Waals surface area contributed by atoms with Crippen molar-refractivity contribution in [3.8, 4) is 0 Å². The molecule has 0 amide bonds. The smallest absolute Gasteiger partial charge is 0.193 e. The third-order valence-electron chi connectivity index (χ3n) is 4.72. The largest absolute Gasteiger partial charge is 0.385 e. The number of aromatic nitrogens is 2. The Morgan fingerprint density at radius 2 is 2.11 bits per heavy atom. The molecular weight excluding hydrogens is 457 g/mol. The Labute approximate surface area is 180 Å². The molecule has 156 valence electrons. The molecule has 2 rings (SSSR count). The van der Waals surface area contributed by atoms with Gasteiger partial charge in [-0.25, -0.2) is 0 Å². The number of piperidine rings is 1. The molecule has 0 atom stereocenters. The van der Waals surface area contributed by atoms with Crippen LogP contribution < -0.4 is 5.32 Å². The number of ether oxygens (including phenoxy) is 2. The predicted molar refractivity (Wildman–Crippen MR) is 120 cm³/mol. The topological polar surface area (TPSA) is 74.8 Å². The van der Waals surface area contributed by atoms with Crippen LogP contribution >= 0.6 is 24.0 Å². The molecule has 2 heterocycles. The van der Waals surface area contributed by atoms with Gasteiger partial charge in [-0.2, -0.15) is 5.10 Å². The van der Waals surface area contributed by atoms with Crippen LogP contribution in [0.4, 0.5) is 0 Å². The molecule has 7 nitrogen and oxygen atoms in total. The van der Waals surface area contributed by atoms with E-state index in [1.54, 1.807) is 7.11 Å². The van der Waals surface area contributed by atoms with Crippen molar-refractivity contribution in [2.24, 2.45) is 4.99 Å². The molecular formula is C19H36IN5O2. The average molecular weight is 493 g/mol. The predicted octanol–water partition coefficient (Wildman–Crippen LogP) is 2.75. The van der Waals surface area contributed by atoms with Gasteiger partial charge in [0.25, 0.3) is 0 Å². The van der Waals surface area contributed by atoms with Crippen LogP contribution in [0.15, 0.2) is 11.2 Å². The van der Waals surface area contributed by atoms with Gasteiger partial charge in [-0.1, -0.05) is 0 Å². The van der Waals surface area contributed by atoms with Gasteiger partial charge in [0, 0.05) is 52.2 Å². The number of aryl methyl sites for hydroxylation is 2. The van der Waals surface area contributed by atoms with E-state index in [-0.39, 0.29) is 24.0 Å². The standard InChI is InChI=1S/C19H35N5O2.HI/c1-4-20-19(21-10-5-7-17-15-22-23-16(17)2)24-11-8-18(9-12-24)26-14-6-13-25-3;/h15,18H,4-14H2,1-3H3,(H,20,21)(H,22,23);1H. The van der Waals surface area contributed by atoms with Gasteiger partial charge in [0.2, 0.25) is 0 Å². The fourth-order valence-electron chi connectivity index (χ4n) is 3.20. The van der Waals surface area contributed by atoms with Crippen LogP contribution in [0, 0.1) is 6.92 Å². The quantitative estimate of drug-likeness (QED) is 0.227. The fourth-order valence-corrected chi connectivity index (χ4v) is 3.20. The summed E-state index contributed by atoms with van der Waals surface area (Å²) in [4.78, 5) is 7.18. The number of nitrogens with one attached hydrogen (secondary N) is 2. The number of rotatable bonds is 10. The van der Waals surface area contributed by atoms with Gasteiger partial charge in [0.15, 0.2) is 5.96 Å². The second-order valence-electron chi connectivity index (χ2n) is 6.76. The number of guanidine groups is 1. The van der Waals surface area contributed by atoms with Crippen LogP contribution in [-0.2, 0) is 15.9 Å². The summed E-state index contributed by atoms with van der Waals surface area (Å²) in [5, 5.41) is 10.5. The van der Waals surface area contributed by atoms with Crippen molar-refractivity contribution in [2.45, 2.75) is 52.1 Å². The summed E-state index contributed by atoms with van der Waals surface area (Å²) >= 11 is 0. The Kier molecular flexibility index (Phi) is 12.7. The van der Waals surface area contributed by atoms with E-state index >= 15 is 0 Å². The lowest BCUT2D eigenvalue weighted by Crippen LogP contribution is -2.47. The third kappa shape index (κ3) is 8.78. The van der Waals surface area contributed by atoms with E-state index in [1.165, 1.54) is 5.56 Å². The molecule has 0 aliphatic carbocycles. The molecule has 0 aromatic carbocycles. The van der Waals surface area contributed by atoms with Crippen LogP contribution in [-0.4, -0.2) is 73.7 Å². The van der Waals surface area contributed by atoms with Gasteiger partial charge >= 0.3 is 0 Å². The molecule has 2 N–H and O–H groups in total. The molecule has 27 heavy (non-hydrogen) atoms. The highest BCUT2D eigenvalue weighted by atomic mass is 127. The summed E-state index contributed by atoms with van der Waals surface area (Å²) in [6.45, 7) is 9.48. The molecule has 1 fully saturated rings. The maximum atomic E-state index is 5.95. The molecule has 0 spiro atoms. The van der Waals surface area contributed by atoms with E-state index in [9.17, 15) is 0 Å². The minimum atomic E-state index is 0. The summed E-state index contributed by atoms with van der Waals surface area (Å²) in [5.74, 6) is 1.04. The summed E-state index contributed by atoms with van der Waals surface area (Å²) < 4.78 is 11.0. The van der Waals surface area contributed by atoms with E-state index in [4.69, 9.17) is 14.5 Å². The van der Waals surface area contributed by atoms with Crippen molar-refractivity contribution in [1.29, 1.82) is 0 Å². The normalized spacial score (nSPS) is 15.7. The highest BCUT2D eigenvalue weighted by Crippen LogP contribution is 2.14. The maximum Gasteiger partial charge on any atom is 0.193 e. The molecule has 0 saturated carbocycles. The summed E-state index contributed by atoms with van der Waals surface area (Å²) in [5.41, 5.74) is 2.45. The van der Waals surface area contributed by atoms with Crippen molar-refractivity contribution in [3.63, 3.8) is 0 Å². The number of hydrogen-bond acceptors (Lipinski definition) is 4. The summed E-state index contributed by atoms with van der Waals surface area (Å²) in [6.07, 6.45) is 7.43. The van der Waals surface area contributed by atoms with Gasteiger partial charge in [-0.05, 0) is 51.5 Å². The molecule has 0 bridgehead atoms. The minimum Gasteiger partial charge on any atom is -0.385 e. The van der Waals surface area contributed by atoms with E-state index in [0.29, 0.717) is 6.10 Å². The second-order valence-corrected chi connectivity index (χ2v) is 6.76. The van der Waals surface area contributed by atoms with Crippen molar-refractivity contribution in [2.75, 3.05) is 46.5 Å². The highest BCUT2D eigenvalue weighted by molar-refractivity contribution is 14.0. The van der Waals surface area contributed by atoms with Crippen LogP contribution in [0.3, 0.4) is 0 Å². The first-order valence-corrected chi connectivity index (χ1v) is 9.87. The first-order chi connectivity index (χ1) is 12.7. The molecule has 1 aromatic rings. The van der Waals surface area contributed by atoms with E-state index in [0.717, 1.165) is 83.2 Å². The van der Waals surface area contributed by atoms with Crippen molar-refractivity contribution in [3.05, 3.63) is 17.5 Å². The van der Waals surface area contributed by atoms with Crippen molar-refractivity contribution < 1.29 is 9.47 Å². The zero-order chi connectivity index (χ0) is 18.6. The number of aliphatic imine (C=N–C) groups is 1. The number of halogens is 1. The van der Waals surface area contributed by atoms with Crippen LogP contribution in [0.25, 0.3) is 0 Å². The molecule has 1 aliphatic rings. The molecule has 0 radical (unpaired) electrons. The van der Waals surface area contributed by atoms with Gasteiger partial charge in [-0.3, -0.25) is 10.1 Å². The highest BCUT2D eigenvalue weighted by Gasteiger charge is 2.21. The third-order valence-corrected chi connectivity index (χ3v) is 4.72. The Morgan fingerprint density at radius 3 is 2.74 bits per heavy atom. The minimum absolute atomic E-state index is 0. The first kappa shape index (κ1) is 24.2. The van der Waals surface area contributed by atoms with Crippen LogP contribution in [0.5, 0.6) is 0 Å². The molecule has 1 saturated heterocycles. The van der Waals surface area contributed by atoms with Crippen molar-refractivity contribution >= 4 is 29.9 Å². The number of H-pyrrole nitrogens is 1. The first-order valence-electron chi connectivity index (χ1n) is 9.87. The van der Waals surface area contributed by atoms with E-state index in [2.05, 4.69) is 34.3 Å². The van der Waals surface area contributed by atoms with Gasteiger partial charge < -0.3 is 19.7 Å². The molecule has 1 aromatic heterocycles. The lowest BCUT2D eigenvalue weighted by Gasteiger charge is -2.34. The zero-order valence-electron chi connectivity index (χ0n) is 17.0. The molecule has 0 unspecified atom stereocenters. The number of methoxy groups -OCH3 is 1. The summed E-state index contributed by atoms with van der Waals surface area (Å²) in [6, 6.07) is 0. The second kappa shape index (κ2) is 14.2. The Morgan fingerprint density at radius 1 is 1.33 bits per heavy atom. The van der Waals surface area contributed by atoms with E-state index in [1.807, 2.05) is 6.20 Å². The molecule has 8 heteroatoms. The van der Waals surface area contributed by atoms with Crippen molar-refractivity contribution in [1.82, 2.24) is 20.4 Å². The number of nitrogens with zero attached hydrogens (tertiary/aromatic N) is 3. The van der Waals surface area contributed by atoms with Gasteiger partial charge in [-0.15, -0.1) is 24.0 Å². The van der Waals surface area contributed by atoms with Crippen LogP contribution in [0.1, 0.15) is 43.9 Å².